The molecule has 3 aromatic rings. The highest BCUT2D eigenvalue weighted by Crippen LogP contribution is 2.48. The van der Waals surface area contributed by atoms with Crippen molar-refractivity contribution in [3.05, 3.63) is 82.6 Å². The predicted molar refractivity (Wildman–Crippen MR) is 168 cm³/mol. The van der Waals surface area contributed by atoms with Crippen molar-refractivity contribution in [1.29, 1.82) is 0 Å². The molecule has 2 heterocycles. The maximum Gasteiger partial charge on any atom is 0.348 e. The Bertz CT molecular complexity index is 1310. The van der Waals surface area contributed by atoms with Crippen LogP contribution in [0.1, 0.15) is 75.2 Å². The Morgan fingerprint density at radius 1 is 1.00 bits per heavy atom. The molecule has 0 radical (unpaired) electrons. The van der Waals surface area contributed by atoms with Crippen LogP contribution in [-0.2, 0) is 23.4 Å². The first kappa shape index (κ1) is 30.7. The van der Waals surface area contributed by atoms with Gasteiger partial charge in [-0.15, -0.1) is 11.3 Å². The van der Waals surface area contributed by atoms with Gasteiger partial charge in [0.05, 0.1) is 18.8 Å². The van der Waals surface area contributed by atoms with Crippen LogP contribution in [0, 0.1) is 11.8 Å². The molecule has 0 unspecified atom stereocenters. The molecule has 5 rings (SSSR count). The second-order valence-electron chi connectivity index (χ2n) is 12.4. The van der Waals surface area contributed by atoms with Crippen molar-refractivity contribution < 1.29 is 28.2 Å². The van der Waals surface area contributed by atoms with Crippen molar-refractivity contribution in [3.8, 4) is 0 Å². The molecule has 2 fully saturated rings. The molecular weight excluding hydrogens is 565 g/mol. The fourth-order valence-corrected chi connectivity index (χ4v) is 12.4. The van der Waals surface area contributed by atoms with Crippen LogP contribution in [0.2, 0.25) is 5.04 Å². The van der Waals surface area contributed by atoms with Crippen molar-refractivity contribution in [1.82, 2.24) is 0 Å². The Labute approximate surface area is 254 Å². The molecule has 1 saturated carbocycles. The van der Waals surface area contributed by atoms with E-state index in [2.05, 4.69) is 69.3 Å². The maximum absolute atomic E-state index is 12.2. The highest BCUT2D eigenvalue weighted by Gasteiger charge is 2.53. The minimum Gasteiger partial charge on any atom is -0.462 e. The lowest BCUT2D eigenvalue weighted by molar-refractivity contribution is -0.149. The van der Waals surface area contributed by atoms with Crippen molar-refractivity contribution in [2.45, 2.75) is 77.2 Å². The van der Waals surface area contributed by atoms with Crippen molar-refractivity contribution in [3.63, 3.8) is 0 Å². The van der Waals surface area contributed by atoms with Crippen LogP contribution in [-0.4, -0.2) is 45.7 Å². The Hall–Kier alpha value is -2.78. The van der Waals surface area contributed by atoms with Gasteiger partial charge < -0.3 is 18.6 Å². The van der Waals surface area contributed by atoms with Crippen LogP contribution < -0.4 is 10.4 Å². The summed E-state index contributed by atoms with van der Waals surface area (Å²) in [5.74, 6) is -0.327. The summed E-state index contributed by atoms with van der Waals surface area (Å²) in [4.78, 5) is 25.0. The van der Waals surface area contributed by atoms with E-state index in [0.717, 1.165) is 18.4 Å². The molecular formula is C34H42O6SSi. The van der Waals surface area contributed by atoms with E-state index in [4.69, 9.17) is 18.6 Å². The van der Waals surface area contributed by atoms with Crippen molar-refractivity contribution in [2.24, 2.45) is 11.8 Å². The average molecular weight is 607 g/mol. The molecule has 0 amide bonds. The Kier molecular flexibility index (Phi) is 9.37. The van der Waals surface area contributed by atoms with E-state index < -0.39 is 8.32 Å². The normalized spacial score (nSPS) is 24.2. The summed E-state index contributed by atoms with van der Waals surface area (Å²) < 4.78 is 25.1. The summed E-state index contributed by atoms with van der Waals surface area (Å²) in [6, 6.07) is 23.2. The molecule has 224 valence electrons. The van der Waals surface area contributed by atoms with Crippen LogP contribution in [0.4, 0.5) is 0 Å². The number of esters is 2. The van der Waals surface area contributed by atoms with E-state index in [1.807, 2.05) is 30.5 Å². The summed E-state index contributed by atoms with van der Waals surface area (Å²) in [5.41, 5.74) is 1.01. The number of hydrogen-bond donors (Lipinski definition) is 0. The third kappa shape index (κ3) is 6.13. The molecule has 1 aliphatic heterocycles. The lowest BCUT2D eigenvalue weighted by Gasteiger charge is -2.44. The van der Waals surface area contributed by atoms with Gasteiger partial charge in [0.25, 0.3) is 8.32 Å². The van der Waals surface area contributed by atoms with Gasteiger partial charge in [-0.25, -0.2) is 4.79 Å². The van der Waals surface area contributed by atoms with Crippen LogP contribution >= 0.6 is 11.3 Å². The first-order valence-electron chi connectivity index (χ1n) is 15.0. The van der Waals surface area contributed by atoms with Gasteiger partial charge in [0.2, 0.25) is 0 Å². The monoisotopic (exact) mass is 606 g/mol. The van der Waals surface area contributed by atoms with Crippen LogP contribution in [0.3, 0.4) is 0 Å². The zero-order valence-corrected chi connectivity index (χ0v) is 27.0. The molecule has 2 aromatic carbocycles. The van der Waals surface area contributed by atoms with Gasteiger partial charge >= 0.3 is 11.9 Å². The summed E-state index contributed by atoms with van der Waals surface area (Å²) in [6.45, 7) is 11.0. The Morgan fingerprint density at radius 2 is 1.64 bits per heavy atom. The highest BCUT2D eigenvalue weighted by atomic mass is 32.1. The summed E-state index contributed by atoms with van der Waals surface area (Å²) in [7, 11) is -2.75. The zero-order chi connectivity index (χ0) is 29.9. The number of carbonyl (C=O) groups is 2. The molecule has 0 spiro atoms. The molecule has 2 aliphatic rings. The largest absolute Gasteiger partial charge is 0.462 e. The van der Waals surface area contributed by atoms with Gasteiger partial charge in [-0.05, 0) is 58.1 Å². The first-order valence-corrected chi connectivity index (χ1v) is 17.8. The SMILES string of the molecule is CCOC(=O)c1cc([C@H]2CC[C@@H]3[C@@H](CO[Si](c4ccccc4)(c4ccccc4)C(C)(C)C)[C@H](OC(C)=O)C[C@@H]3O2)cs1. The van der Waals surface area contributed by atoms with Gasteiger partial charge in [-0.2, -0.15) is 0 Å². The molecule has 1 aliphatic carbocycles. The number of fused-ring (bicyclic) bond motifs is 1. The molecule has 42 heavy (non-hydrogen) atoms. The van der Waals surface area contributed by atoms with E-state index in [9.17, 15) is 9.59 Å². The molecule has 8 heteroatoms. The number of ether oxygens (including phenoxy) is 3. The molecule has 1 saturated heterocycles. The Morgan fingerprint density at radius 3 is 2.21 bits per heavy atom. The van der Waals surface area contributed by atoms with Crippen molar-refractivity contribution >= 4 is 42.0 Å². The lowest BCUT2D eigenvalue weighted by atomic mass is 9.86. The second kappa shape index (κ2) is 12.8. The molecule has 0 N–H and O–H groups in total. The second-order valence-corrected chi connectivity index (χ2v) is 17.6. The van der Waals surface area contributed by atoms with Gasteiger partial charge in [0, 0.05) is 25.9 Å². The minimum atomic E-state index is -2.75. The number of thiophene rings is 1. The summed E-state index contributed by atoms with van der Waals surface area (Å²) in [6.07, 6.45) is 2.00. The minimum absolute atomic E-state index is 0.0269. The first-order chi connectivity index (χ1) is 20.1. The van der Waals surface area contributed by atoms with Crippen LogP contribution in [0.5, 0.6) is 0 Å². The Balaban J connectivity index is 1.41. The quantitative estimate of drug-likeness (QED) is 0.211. The molecule has 5 atom stereocenters. The van der Waals surface area contributed by atoms with Gasteiger partial charge in [-0.1, -0.05) is 81.4 Å². The number of carbonyl (C=O) groups excluding carboxylic acids is 2. The summed E-state index contributed by atoms with van der Waals surface area (Å²) in [5, 5.41) is 4.32. The van der Waals surface area contributed by atoms with E-state index in [1.54, 1.807) is 0 Å². The fourth-order valence-electron chi connectivity index (χ4n) is 6.95. The zero-order valence-electron chi connectivity index (χ0n) is 25.2. The molecule has 0 bridgehead atoms. The molecule has 6 nitrogen and oxygen atoms in total. The summed E-state index contributed by atoms with van der Waals surface area (Å²) >= 11 is 1.40. The van der Waals surface area contributed by atoms with Gasteiger partial charge in [0.1, 0.15) is 11.0 Å². The van der Waals surface area contributed by atoms with Gasteiger partial charge in [0.15, 0.2) is 0 Å². The van der Waals surface area contributed by atoms with Crippen LogP contribution in [0.15, 0.2) is 72.1 Å². The fraction of sp³-hybridized carbons (Fsp3) is 0.471. The third-order valence-corrected chi connectivity index (χ3v) is 14.7. The molecule has 1 aromatic heterocycles. The van der Waals surface area contributed by atoms with Gasteiger partial charge in [-0.3, -0.25) is 4.79 Å². The maximum atomic E-state index is 12.2. The number of hydrogen-bond acceptors (Lipinski definition) is 7. The van der Waals surface area contributed by atoms with E-state index >= 15 is 0 Å². The number of rotatable bonds is 9. The van der Waals surface area contributed by atoms with Crippen molar-refractivity contribution in [2.75, 3.05) is 13.2 Å². The smallest absolute Gasteiger partial charge is 0.348 e. The van der Waals surface area contributed by atoms with Crippen LogP contribution in [0.25, 0.3) is 0 Å². The highest BCUT2D eigenvalue weighted by molar-refractivity contribution is 7.12. The van der Waals surface area contributed by atoms with E-state index in [0.29, 0.717) is 24.5 Å². The predicted octanol–water partition coefficient (Wildman–Crippen LogP) is 6.29. The lowest BCUT2D eigenvalue weighted by Crippen LogP contribution is -2.67. The van der Waals surface area contributed by atoms with E-state index in [1.165, 1.54) is 28.6 Å². The average Bonchev–Trinajstić information content (AvgIpc) is 3.59. The third-order valence-electron chi connectivity index (χ3n) is 8.77. The standard InChI is InChI=1S/C34H42O6SSi/c1-6-37-33(36)32-19-24(22-41-32)29-18-17-27-28(31(39-23(2)35)20-30(27)40-29)21-38-42(34(3,4)5,25-13-9-7-10-14-25)26-15-11-8-12-16-26/h7-16,19,22,27-31H,6,17-18,20-21H2,1-5H3/t27-,28-,29-,30+,31-/m1/s1. The number of benzene rings is 2. The van der Waals surface area contributed by atoms with E-state index in [-0.39, 0.29) is 47.1 Å². The topological polar surface area (TPSA) is 71.1 Å².